The molecule has 0 saturated carbocycles. The van der Waals surface area contributed by atoms with E-state index in [2.05, 4.69) is 20.9 Å². The molecular formula is C19H23BrN2O9S. The Balaban J connectivity index is 1.85. The van der Waals surface area contributed by atoms with E-state index in [0.29, 0.717) is 0 Å². The van der Waals surface area contributed by atoms with Crippen LogP contribution in [0.15, 0.2) is 44.6 Å². The molecule has 1 aliphatic rings. The number of hydrogen-bond donors (Lipinski definition) is 3. The Kier molecular flexibility index (Phi) is 7.70. The summed E-state index contributed by atoms with van der Waals surface area (Å²) in [7, 11) is -4.17. The van der Waals surface area contributed by atoms with Crippen molar-refractivity contribution in [2.75, 3.05) is 13.2 Å². The molecule has 1 unspecified atom stereocenters. The standard InChI is InChI=1S/C19H23BrN2O9S/c1-3-29-19-21-17(26)12(20)8-22(19)18-16(25)15(24)14(23)13(31-18)9-30-32(27,28)11-6-4-10(2)5-7-11/h4-8,13-16,18,23-25H,3,9H2,1-2H3/t13-,14-,15+,16-,18?/m1/s1. The van der Waals surface area contributed by atoms with Gasteiger partial charge in [-0.2, -0.15) is 13.4 Å². The van der Waals surface area contributed by atoms with Gasteiger partial charge in [-0.05, 0) is 41.9 Å². The van der Waals surface area contributed by atoms with E-state index in [9.17, 15) is 28.5 Å². The summed E-state index contributed by atoms with van der Waals surface area (Å²) < 4.78 is 42.2. The zero-order valence-electron chi connectivity index (χ0n) is 17.2. The average molecular weight is 535 g/mol. The highest BCUT2D eigenvalue weighted by Crippen LogP contribution is 2.31. The normalized spacial score (nSPS) is 26.1. The van der Waals surface area contributed by atoms with Crippen LogP contribution < -0.4 is 10.3 Å². The minimum atomic E-state index is -4.17. The van der Waals surface area contributed by atoms with E-state index in [1.54, 1.807) is 26.0 Å². The molecule has 0 spiro atoms. The summed E-state index contributed by atoms with van der Waals surface area (Å²) in [6.45, 7) is 2.96. The lowest BCUT2D eigenvalue weighted by Crippen LogP contribution is -2.57. The van der Waals surface area contributed by atoms with Gasteiger partial charge in [-0.3, -0.25) is 13.5 Å². The van der Waals surface area contributed by atoms with E-state index in [1.165, 1.54) is 18.3 Å². The molecular weight excluding hydrogens is 512 g/mol. The predicted molar refractivity (Wildman–Crippen MR) is 114 cm³/mol. The van der Waals surface area contributed by atoms with E-state index in [-0.39, 0.29) is 22.0 Å². The van der Waals surface area contributed by atoms with E-state index in [1.807, 2.05) is 0 Å². The third-order valence-electron chi connectivity index (χ3n) is 4.81. The van der Waals surface area contributed by atoms with Crippen molar-refractivity contribution in [2.45, 2.75) is 49.4 Å². The summed E-state index contributed by atoms with van der Waals surface area (Å²) >= 11 is 3.04. The Bertz CT molecular complexity index is 1110. The molecule has 0 aliphatic carbocycles. The summed E-state index contributed by atoms with van der Waals surface area (Å²) in [6, 6.07) is 5.77. The highest BCUT2D eigenvalue weighted by molar-refractivity contribution is 9.10. The van der Waals surface area contributed by atoms with Crippen LogP contribution in [0.5, 0.6) is 6.01 Å². The van der Waals surface area contributed by atoms with Crippen LogP contribution in [0.2, 0.25) is 0 Å². The van der Waals surface area contributed by atoms with Gasteiger partial charge in [-0.15, -0.1) is 0 Å². The summed E-state index contributed by atoms with van der Waals surface area (Å²) in [5.41, 5.74) is 0.237. The fraction of sp³-hybridized carbons (Fsp3) is 0.474. The zero-order valence-corrected chi connectivity index (χ0v) is 19.6. The largest absolute Gasteiger partial charge is 0.465 e. The van der Waals surface area contributed by atoms with Crippen LogP contribution in [0.25, 0.3) is 0 Å². The van der Waals surface area contributed by atoms with Crippen molar-refractivity contribution in [1.29, 1.82) is 0 Å². The Labute approximate surface area is 192 Å². The molecule has 11 nitrogen and oxygen atoms in total. The second-order valence-corrected chi connectivity index (χ2v) is 9.58. The van der Waals surface area contributed by atoms with Crippen LogP contribution in [0, 0.1) is 6.92 Å². The maximum absolute atomic E-state index is 12.5. The molecule has 1 aliphatic heterocycles. The van der Waals surface area contributed by atoms with Crippen molar-refractivity contribution in [2.24, 2.45) is 0 Å². The molecule has 0 radical (unpaired) electrons. The topological polar surface area (TPSA) is 157 Å². The van der Waals surface area contributed by atoms with Gasteiger partial charge >= 0.3 is 6.01 Å². The van der Waals surface area contributed by atoms with Crippen molar-refractivity contribution < 1.29 is 37.4 Å². The Morgan fingerprint density at radius 1 is 1.16 bits per heavy atom. The number of nitrogens with zero attached hydrogens (tertiary/aromatic N) is 2. The van der Waals surface area contributed by atoms with Gasteiger partial charge in [-0.1, -0.05) is 17.7 Å². The number of aliphatic hydroxyl groups is 3. The first-order valence-electron chi connectivity index (χ1n) is 9.62. The molecule has 2 aromatic rings. The lowest BCUT2D eigenvalue weighted by molar-refractivity contribution is -0.250. The summed E-state index contributed by atoms with van der Waals surface area (Å²) in [4.78, 5) is 15.5. The highest BCUT2D eigenvalue weighted by Gasteiger charge is 2.45. The van der Waals surface area contributed by atoms with E-state index in [0.717, 1.165) is 10.1 Å². The quantitative estimate of drug-likeness (QED) is 0.416. The van der Waals surface area contributed by atoms with Gasteiger partial charge in [0.1, 0.15) is 28.9 Å². The smallest absolute Gasteiger partial charge is 0.301 e. The van der Waals surface area contributed by atoms with Gasteiger partial charge in [0.25, 0.3) is 15.7 Å². The molecule has 13 heteroatoms. The number of aryl methyl sites for hydroxylation is 1. The van der Waals surface area contributed by atoms with E-state index >= 15 is 0 Å². The SMILES string of the molecule is CCOc1nc(=O)c(Br)cn1C1O[C@H](COS(=O)(=O)c2ccc(C)cc2)[C@@H](O)[C@H](O)[C@H]1O. The first-order chi connectivity index (χ1) is 15.0. The monoisotopic (exact) mass is 534 g/mol. The molecule has 2 heterocycles. The third kappa shape index (κ3) is 5.20. The fourth-order valence-corrected chi connectivity index (χ4v) is 4.31. The zero-order chi connectivity index (χ0) is 23.6. The van der Waals surface area contributed by atoms with Gasteiger partial charge < -0.3 is 24.8 Å². The van der Waals surface area contributed by atoms with Gasteiger partial charge in [0.05, 0.1) is 18.1 Å². The van der Waals surface area contributed by atoms with Crippen molar-refractivity contribution >= 4 is 26.0 Å². The Morgan fingerprint density at radius 3 is 2.44 bits per heavy atom. The van der Waals surface area contributed by atoms with Crippen molar-refractivity contribution in [3.05, 3.63) is 50.9 Å². The maximum atomic E-state index is 12.5. The third-order valence-corrected chi connectivity index (χ3v) is 6.65. The predicted octanol–water partition coefficient (Wildman–Crippen LogP) is 0.0985. The van der Waals surface area contributed by atoms with E-state index in [4.69, 9.17) is 13.7 Å². The molecule has 5 atom stereocenters. The molecule has 32 heavy (non-hydrogen) atoms. The minimum absolute atomic E-state index is 0.0344. The van der Waals surface area contributed by atoms with Crippen LogP contribution in [-0.4, -0.2) is 70.9 Å². The number of halogens is 1. The summed E-state index contributed by atoms with van der Waals surface area (Å²) in [5.74, 6) is 0. The minimum Gasteiger partial charge on any atom is -0.465 e. The second kappa shape index (κ2) is 9.95. The van der Waals surface area contributed by atoms with Crippen molar-refractivity contribution in [3.63, 3.8) is 0 Å². The molecule has 0 amide bonds. The average Bonchev–Trinajstić information content (AvgIpc) is 2.75. The number of aliphatic hydroxyl groups excluding tert-OH is 3. The van der Waals surface area contributed by atoms with Gasteiger partial charge in [0, 0.05) is 6.20 Å². The number of rotatable bonds is 7. The maximum Gasteiger partial charge on any atom is 0.301 e. The van der Waals surface area contributed by atoms with Gasteiger partial charge in [0.2, 0.25) is 0 Å². The number of benzene rings is 1. The number of hydrogen-bond acceptors (Lipinski definition) is 10. The lowest BCUT2D eigenvalue weighted by Gasteiger charge is -2.41. The van der Waals surface area contributed by atoms with Crippen LogP contribution in [0.3, 0.4) is 0 Å². The first-order valence-corrected chi connectivity index (χ1v) is 11.8. The second-order valence-electron chi connectivity index (χ2n) is 7.11. The molecule has 3 N–H and O–H groups in total. The summed E-state index contributed by atoms with van der Waals surface area (Å²) in [6.07, 6.45) is -6.47. The fourth-order valence-electron chi connectivity index (χ4n) is 3.08. The Hall–Kier alpha value is -1.87. The molecule has 1 fully saturated rings. The molecule has 1 aromatic carbocycles. The lowest BCUT2D eigenvalue weighted by atomic mass is 9.98. The van der Waals surface area contributed by atoms with Crippen molar-refractivity contribution in [3.8, 4) is 6.01 Å². The molecule has 176 valence electrons. The molecule has 3 rings (SSSR count). The molecule has 1 saturated heterocycles. The number of ether oxygens (including phenoxy) is 2. The van der Waals surface area contributed by atoms with Crippen LogP contribution in [0.1, 0.15) is 18.7 Å². The van der Waals surface area contributed by atoms with E-state index < -0.39 is 52.9 Å². The Morgan fingerprint density at radius 2 is 1.81 bits per heavy atom. The van der Waals surface area contributed by atoms with Crippen molar-refractivity contribution in [1.82, 2.24) is 9.55 Å². The number of aromatic nitrogens is 2. The molecule has 0 bridgehead atoms. The van der Waals surface area contributed by atoms with Crippen LogP contribution >= 0.6 is 15.9 Å². The van der Waals surface area contributed by atoms with Crippen LogP contribution in [-0.2, 0) is 19.0 Å². The first kappa shape index (κ1) is 24.8. The highest BCUT2D eigenvalue weighted by atomic mass is 79.9. The van der Waals surface area contributed by atoms with Gasteiger partial charge in [0.15, 0.2) is 6.23 Å². The van der Waals surface area contributed by atoms with Crippen LogP contribution in [0.4, 0.5) is 0 Å². The molecule has 1 aromatic heterocycles. The summed E-state index contributed by atoms with van der Waals surface area (Å²) in [5, 5.41) is 31.1. The van der Waals surface area contributed by atoms with Gasteiger partial charge in [-0.25, -0.2) is 0 Å².